The van der Waals surface area contributed by atoms with E-state index in [0.717, 1.165) is 41.2 Å². The molecule has 0 bridgehead atoms. The Labute approximate surface area is 129 Å². The standard InChI is InChI=1S/C18H18N2O2/c1-12-2-4-13(5-3-12)6-7-18-19-14-10-16-17(11-15(14)20-18)22-9-8-21-16/h2-5,10-11H,6-9H2,1H3,(H,19,20). The summed E-state index contributed by atoms with van der Waals surface area (Å²) < 4.78 is 11.2. The molecule has 1 N–H and O–H groups in total. The number of hydrogen-bond donors (Lipinski definition) is 1. The Bertz CT molecular complexity index is 763. The quantitative estimate of drug-likeness (QED) is 0.805. The number of imidazole rings is 1. The van der Waals surface area contributed by atoms with Crippen LogP contribution in [0.4, 0.5) is 0 Å². The summed E-state index contributed by atoms with van der Waals surface area (Å²) in [4.78, 5) is 8.04. The van der Waals surface area contributed by atoms with E-state index >= 15 is 0 Å². The Balaban J connectivity index is 1.56. The van der Waals surface area contributed by atoms with Crippen molar-refractivity contribution in [1.29, 1.82) is 0 Å². The van der Waals surface area contributed by atoms with Gasteiger partial charge in [-0.2, -0.15) is 0 Å². The summed E-state index contributed by atoms with van der Waals surface area (Å²) in [7, 11) is 0. The van der Waals surface area contributed by atoms with Gasteiger partial charge >= 0.3 is 0 Å². The van der Waals surface area contributed by atoms with Gasteiger partial charge in [-0.05, 0) is 18.9 Å². The van der Waals surface area contributed by atoms with Crippen LogP contribution < -0.4 is 9.47 Å². The van der Waals surface area contributed by atoms with Crippen LogP contribution in [0.5, 0.6) is 11.5 Å². The van der Waals surface area contributed by atoms with Crippen LogP contribution in [-0.2, 0) is 12.8 Å². The van der Waals surface area contributed by atoms with Gasteiger partial charge in [0, 0.05) is 18.6 Å². The Kier molecular flexibility index (Phi) is 3.22. The second-order valence-electron chi connectivity index (χ2n) is 5.68. The predicted octanol–water partition coefficient (Wildman–Crippen LogP) is 3.43. The maximum Gasteiger partial charge on any atom is 0.163 e. The second kappa shape index (κ2) is 5.37. The fraction of sp³-hybridized carbons (Fsp3) is 0.278. The van der Waals surface area contributed by atoms with E-state index in [9.17, 15) is 0 Å². The van der Waals surface area contributed by atoms with Crippen LogP contribution in [0.2, 0.25) is 0 Å². The number of aromatic amines is 1. The predicted molar refractivity (Wildman–Crippen MR) is 85.7 cm³/mol. The molecule has 3 aromatic rings. The van der Waals surface area contributed by atoms with Gasteiger partial charge in [-0.3, -0.25) is 0 Å². The van der Waals surface area contributed by atoms with Crippen LogP contribution in [0, 0.1) is 6.92 Å². The highest BCUT2D eigenvalue weighted by molar-refractivity contribution is 5.79. The molecule has 2 aromatic carbocycles. The van der Waals surface area contributed by atoms with Crippen LogP contribution in [-0.4, -0.2) is 23.2 Å². The molecule has 0 spiro atoms. The van der Waals surface area contributed by atoms with Gasteiger partial charge in [0.05, 0.1) is 11.0 Å². The van der Waals surface area contributed by atoms with E-state index in [-0.39, 0.29) is 0 Å². The third kappa shape index (κ3) is 2.52. The number of hydrogen-bond acceptors (Lipinski definition) is 3. The zero-order chi connectivity index (χ0) is 14.9. The minimum Gasteiger partial charge on any atom is -0.486 e. The average molecular weight is 294 g/mol. The van der Waals surface area contributed by atoms with Crippen LogP contribution >= 0.6 is 0 Å². The molecule has 0 aliphatic carbocycles. The summed E-state index contributed by atoms with van der Waals surface area (Å²) in [6, 6.07) is 12.6. The normalized spacial score (nSPS) is 13.5. The summed E-state index contributed by atoms with van der Waals surface area (Å²) in [6.07, 6.45) is 1.87. The van der Waals surface area contributed by atoms with Gasteiger partial charge < -0.3 is 14.5 Å². The first-order valence-electron chi connectivity index (χ1n) is 7.62. The largest absolute Gasteiger partial charge is 0.486 e. The molecular formula is C18H18N2O2. The van der Waals surface area contributed by atoms with Crippen LogP contribution in [0.1, 0.15) is 17.0 Å². The van der Waals surface area contributed by atoms with E-state index in [1.165, 1.54) is 11.1 Å². The van der Waals surface area contributed by atoms with Crippen molar-refractivity contribution in [2.75, 3.05) is 13.2 Å². The summed E-state index contributed by atoms with van der Waals surface area (Å²) in [5.74, 6) is 2.58. The molecule has 1 aliphatic heterocycles. The molecule has 4 heteroatoms. The number of aromatic nitrogens is 2. The van der Waals surface area contributed by atoms with E-state index in [2.05, 4.69) is 41.2 Å². The van der Waals surface area contributed by atoms with Gasteiger partial charge in [-0.15, -0.1) is 0 Å². The zero-order valence-corrected chi connectivity index (χ0v) is 12.6. The molecule has 2 heterocycles. The number of nitrogens with zero attached hydrogens (tertiary/aromatic N) is 1. The number of benzene rings is 2. The molecule has 4 nitrogen and oxygen atoms in total. The third-order valence-corrected chi connectivity index (χ3v) is 3.97. The number of ether oxygens (including phenoxy) is 2. The molecule has 0 amide bonds. The molecule has 0 saturated carbocycles. The molecule has 0 atom stereocenters. The van der Waals surface area contributed by atoms with E-state index in [1.807, 2.05) is 12.1 Å². The van der Waals surface area contributed by atoms with Gasteiger partial charge in [-0.1, -0.05) is 29.8 Å². The monoisotopic (exact) mass is 294 g/mol. The minimum atomic E-state index is 0.600. The molecule has 4 rings (SSSR count). The zero-order valence-electron chi connectivity index (χ0n) is 12.6. The molecule has 0 fully saturated rings. The maximum absolute atomic E-state index is 5.61. The van der Waals surface area contributed by atoms with Crippen molar-refractivity contribution in [1.82, 2.24) is 9.97 Å². The van der Waals surface area contributed by atoms with Gasteiger partial charge in [-0.25, -0.2) is 4.98 Å². The molecule has 0 saturated heterocycles. The van der Waals surface area contributed by atoms with Crippen molar-refractivity contribution in [2.24, 2.45) is 0 Å². The van der Waals surface area contributed by atoms with Crippen molar-refractivity contribution in [3.05, 3.63) is 53.3 Å². The number of nitrogens with one attached hydrogen (secondary N) is 1. The Morgan fingerprint density at radius 1 is 1.00 bits per heavy atom. The highest BCUT2D eigenvalue weighted by Gasteiger charge is 2.14. The summed E-state index contributed by atoms with van der Waals surface area (Å²) in [5.41, 5.74) is 4.56. The average Bonchev–Trinajstić information content (AvgIpc) is 2.93. The number of aryl methyl sites for hydroxylation is 3. The van der Waals surface area contributed by atoms with Crippen LogP contribution in [0.3, 0.4) is 0 Å². The topological polar surface area (TPSA) is 47.1 Å². The maximum atomic E-state index is 5.61. The second-order valence-corrected chi connectivity index (χ2v) is 5.68. The SMILES string of the molecule is Cc1ccc(CCc2nc3cc4c(cc3[nH]2)OCCO4)cc1. The lowest BCUT2D eigenvalue weighted by Gasteiger charge is -2.17. The minimum absolute atomic E-state index is 0.600. The van der Waals surface area contributed by atoms with Gasteiger partial charge in [0.1, 0.15) is 19.0 Å². The van der Waals surface area contributed by atoms with Crippen molar-refractivity contribution in [3.8, 4) is 11.5 Å². The van der Waals surface area contributed by atoms with Gasteiger partial charge in [0.15, 0.2) is 11.5 Å². The van der Waals surface area contributed by atoms with Crippen LogP contribution in [0.15, 0.2) is 36.4 Å². The smallest absolute Gasteiger partial charge is 0.163 e. The molecule has 0 radical (unpaired) electrons. The van der Waals surface area contributed by atoms with Crippen molar-refractivity contribution < 1.29 is 9.47 Å². The first-order chi connectivity index (χ1) is 10.8. The molecular weight excluding hydrogens is 276 g/mol. The van der Waals surface area contributed by atoms with E-state index in [1.54, 1.807) is 0 Å². The number of rotatable bonds is 3. The Morgan fingerprint density at radius 3 is 2.50 bits per heavy atom. The fourth-order valence-electron chi connectivity index (χ4n) is 2.74. The molecule has 22 heavy (non-hydrogen) atoms. The Morgan fingerprint density at radius 2 is 1.73 bits per heavy atom. The molecule has 112 valence electrons. The Hall–Kier alpha value is -2.49. The summed E-state index contributed by atoms with van der Waals surface area (Å²) in [6.45, 7) is 3.31. The highest BCUT2D eigenvalue weighted by Crippen LogP contribution is 2.33. The molecule has 1 aliphatic rings. The molecule has 1 aromatic heterocycles. The lowest BCUT2D eigenvalue weighted by atomic mass is 10.1. The summed E-state index contributed by atoms with van der Waals surface area (Å²) >= 11 is 0. The first-order valence-corrected chi connectivity index (χ1v) is 7.62. The van der Waals surface area contributed by atoms with E-state index in [4.69, 9.17) is 9.47 Å². The van der Waals surface area contributed by atoms with Gasteiger partial charge in [0.2, 0.25) is 0 Å². The first kappa shape index (κ1) is 13.2. The third-order valence-electron chi connectivity index (χ3n) is 3.97. The van der Waals surface area contributed by atoms with Crippen LogP contribution in [0.25, 0.3) is 11.0 Å². The lowest BCUT2D eigenvalue weighted by Crippen LogP contribution is -2.15. The van der Waals surface area contributed by atoms with Crippen molar-refractivity contribution in [3.63, 3.8) is 0 Å². The summed E-state index contributed by atoms with van der Waals surface area (Å²) in [5, 5.41) is 0. The van der Waals surface area contributed by atoms with E-state index < -0.39 is 0 Å². The highest BCUT2D eigenvalue weighted by atomic mass is 16.6. The fourth-order valence-corrected chi connectivity index (χ4v) is 2.74. The van der Waals surface area contributed by atoms with Gasteiger partial charge in [0.25, 0.3) is 0 Å². The molecule has 0 unspecified atom stereocenters. The number of H-pyrrole nitrogens is 1. The lowest BCUT2D eigenvalue weighted by molar-refractivity contribution is 0.172. The number of fused-ring (bicyclic) bond motifs is 2. The van der Waals surface area contributed by atoms with Crippen molar-refractivity contribution >= 4 is 11.0 Å². The van der Waals surface area contributed by atoms with Crippen molar-refractivity contribution in [2.45, 2.75) is 19.8 Å². The van der Waals surface area contributed by atoms with E-state index in [0.29, 0.717) is 13.2 Å².